The normalized spacial score (nSPS) is 23.0. The van der Waals surface area contributed by atoms with Crippen molar-refractivity contribution in [3.8, 4) is 0 Å². The van der Waals surface area contributed by atoms with Gasteiger partial charge in [0.15, 0.2) is 0 Å². The molecule has 2 rings (SSSR count). The molecule has 0 radical (unpaired) electrons. The van der Waals surface area contributed by atoms with Gasteiger partial charge in [0.05, 0.1) is 0 Å². The SMILES string of the molecule is C.CC.CC1CCCC(Cc2ccccc2)C1. The van der Waals surface area contributed by atoms with Gasteiger partial charge < -0.3 is 0 Å². The van der Waals surface area contributed by atoms with Crippen molar-refractivity contribution in [2.24, 2.45) is 11.8 Å². The van der Waals surface area contributed by atoms with E-state index in [9.17, 15) is 0 Å². The Morgan fingerprint density at radius 2 is 1.71 bits per heavy atom. The fourth-order valence-electron chi connectivity index (χ4n) is 2.69. The van der Waals surface area contributed by atoms with Gasteiger partial charge in [-0.3, -0.25) is 0 Å². The van der Waals surface area contributed by atoms with Crippen LogP contribution in [0.15, 0.2) is 30.3 Å². The van der Waals surface area contributed by atoms with E-state index in [1.807, 2.05) is 13.8 Å². The summed E-state index contributed by atoms with van der Waals surface area (Å²) in [7, 11) is 0. The molecule has 17 heavy (non-hydrogen) atoms. The lowest BCUT2D eigenvalue weighted by molar-refractivity contribution is 0.281. The molecule has 1 aromatic carbocycles. The maximum Gasteiger partial charge on any atom is -0.0250 e. The number of hydrogen-bond donors (Lipinski definition) is 0. The topological polar surface area (TPSA) is 0 Å². The molecule has 0 saturated heterocycles. The van der Waals surface area contributed by atoms with Crippen LogP contribution >= 0.6 is 0 Å². The van der Waals surface area contributed by atoms with Gasteiger partial charge >= 0.3 is 0 Å². The third-order valence-electron chi connectivity index (χ3n) is 3.41. The number of hydrogen-bond acceptors (Lipinski definition) is 0. The highest BCUT2D eigenvalue weighted by atomic mass is 14.2. The largest absolute Gasteiger partial charge is 0.0776 e. The summed E-state index contributed by atoms with van der Waals surface area (Å²) < 4.78 is 0. The van der Waals surface area contributed by atoms with Crippen LogP contribution in [0, 0.1) is 11.8 Å². The van der Waals surface area contributed by atoms with Crippen LogP contribution in [-0.2, 0) is 6.42 Å². The molecule has 0 nitrogen and oxygen atoms in total. The van der Waals surface area contributed by atoms with Crippen molar-refractivity contribution < 1.29 is 0 Å². The van der Waals surface area contributed by atoms with Gasteiger partial charge in [-0.2, -0.15) is 0 Å². The summed E-state index contributed by atoms with van der Waals surface area (Å²) in [4.78, 5) is 0. The highest BCUT2D eigenvalue weighted by Crippen LogP contribution is 2.30. The third kappa shape index (κ3) is 5.91. The molecule has 0 heteroatoms. The van der Waals surface area contributed by atoms with Gasteiger partial charge in [0, 0.05) is 0 Å². The summed E-state index contributed by atoms with van der Waals surface area (Å²) in [5, 5.41) is 0. The van der Waals surface area contributed by atoms with Crippen molar-refractivity contribution in [3.63, 3.8) is 0 Å². The molecule has 98 valence electrons. The van der Waals surface area contributed by atoms with Crippen LogP contribution < -0.4 is 0 Å². The summed E-state index contributed by atoms with van der Waals surface area (Å²) >= 11 is 0. The molecular formula is C17H30. The maximum absolute atomic E-state index is 2.40. The smallest absolute Gasteiger partial charge is 0.0250 e. The molecule has 0 amide bonds. The molecule has 1 aromatic rings. The highest BCUT2D eigenvalue weighted by molar-refractivity contribution is 5.15. The molecule has 0 spiro atoms. The zero-order valence-corrected chi connectivity index (χ0v) is 11.1. The molecule has 0 aromatic heterocycles. The minimum absolute atomic E-state index is 0. The first-order valence-electron chi connectivity index (χ1n) is 6.88. The average molecular weight is 234 g/mol. The molecule has 0 aliphatic heterocycles. The van der Waals surface area contributed by atoms with Gasteiger partial charge in [-0.15, -0.1) is 0 Å². The molecule has 1 fully saturated rings. The molecule has 0 N–H and O–H groups in total. The molecule has 0 heterocycles. The Hall–Kier alpha value is -0.780. The Bertz CT molecular complexity index is 263. The van der Waals surface area contributed by atoms with Crippen LogP contribution in [0.1, 0.15) is 59.4 Å². The molecule has 0 bridgehead atoms. The van der Waals surface area contributed by atoms with Crippen molar-refractivity contribution >= 4 is 0 Å². The Labute approximate surface area is 108 Å². The van der Waals surface area contributed by atoms with Crippen LogP contribution in [0.2, 0.25) is 0 Å². The first-order valence-corrected chi connectivity index (χ1v) is 6.88. The second-order valence-electron chi connectivity index (χ2n) is 4.83. The van der Waals surface area contributed by atoms with E-state index >= 15 is 0 Å². The van der Waals surface area contributed by atoms with E-state index in [0.717, 1.165) is 11.8 Å². The minimum atomic E-state index is 0. The lowest BCUT2D eigenvalue weighted by Crippen LogP contribution is -2.15. The Balaban J connectivity index is 0.000000811. The predicted octanol–water partition coefficient (Wildman–Crippen LogP) is 5.72. The van der Waals surface area contributed by atoms with Gasteiger partial charge in [-0.25, -0.2) is 0 Å². The fourth-order valence-corrected chi connectivity index (χ4v) is 2.69. The van der Waals surface area contributed by atoms with Crippen LogP contribution in [0.3, 0.4) is 0 Å². The summed E-state index contributed by atoms with van der Waals surface area (Å²) in [6, 6.07) is 10.9. The predicted molar refractivity (Wildman–Crippen MR) is 79.3 cm³/mol. The average Bonchev–Trinajstić information content (AvgIpc) is 2.33. The van der Waals surface area contributed by atoms with Crippen molar-refractivity contribution in [1.82, 2.24) is 0 Å². The monoisotopic (exact) mass is 234 g/mol. The lowest BCUT2D eigenvalue weighted by atomic mass is 9.79. The highest BCUT2D eigenvalue weighted by Gasteiger charge is 2.18. The second kappa shape index (κ2) is 9.27. The van der Waals surface area contributed by atoms with Crippen molar-refractivity contribution in [2.45, 2.75) is 60.3 Å². The molecule has 2 unspecified atom stereocenters. The van der Waals surface area contributed by atoms with Gasteiger partial charge in [0.25, 0.3) is 0 Å². The molecule has 2 atom stereocenters. The van der Waals surface area contributed by atoms with E-state index in [1.165, 1.54) is 37.7 Å². The van der Waals surface area contributed by atoms with Crippen LogP contribution in [0.5, 0.6) is 0 Å². The van der Waals surface area contributed by atoms with Gasteiger partial charge in [0.2, 0.25) is 0 Å². The summed E-state index contributed by atoms with van der Waals surface area (Å²) in [6.45, 7) is 6.40. The minimum Gasteiger partial charge on any atom is -0.0776 e. The van der Waals surface area contributed by atoms with Gasteiger partial charge in [-0.05, 0) is 30.2 Å². The Morgan fingerprint density at radius 1 is 1.06 bits per heavy atom. The summed E-state index contributed by atoms with van der Waals surface area (Å²) in [6.07, 6.45) is 7.07. The lowest BCUT2D eigenvalue weighted by Gasteiger charge is -2.26. The van der Waals surface area contributed by atoms with E-state index in [1.54, 1.807) is 0 Å². The number of benzene rings is 1. The van der Waals surface area contributed by atoms with Crippen LogP contribution in [-0.4, -0.2) is 0 Å². The zero-order valence-electron chi connectivity index (χ0n) is 11.1. The summed E-state index contributed by atoms with van der Waals surface area (Å²) in [5.74, 6) is 1.90. The summed E-state index contributed by atoms with van der Waals surface area (Å²) in [5.41, 5.74) is 1.52. The van der Waals surface area contributed by atoms with E-state index in [2.05, 4.69) is 37.3 Å². The van der Waals surface area contributed by atoms with Crippen LogP contribution in [0.4, 0.5) is 0 Å². The van der Waals surface area contributed by atoms with Crippen molar-refractivity contribution in [1.29, 1.82) is 0 Å². The quantitative estimate of drug-likeness (QED) is 0.614. The fraction of sp³-hybridized carbons (Fsp3) is 0.647. The Morgan fingerprint density at radius 3 is 2.29 bits per heavy atom. The maximum atomic E-state index is 2.40. The van der Waals surface area contributed by atoms with E-state index in [0.29, 0.717) is 0 Å². The molecule has 1 aliphatic carbocycles. The van der Waals surface area contributed by atoms with Crippen molar-refractivity contribution in [2.75, 3.05) is 0 Å². The molecule has 1 aliphatic rings. The van der Waals surface area contributed by atoms with Crippen LogP contribution in [0.25, 0.3) is 0 Å². The van der Waals surface area contributed by atoms with Gasteiger partial charge in [0.1, 0.15) is 0 Å². The van der Waals surface area contributed by atoms with E-state index in [-0.39, 0.29) is 7.43 Å². The second-order valence-corrected chi connectivity index (χ2v) is 4.83. The van der Waals surface area contributed by atoms with E-state index in [4.69, 9.17) is 0 Å². The number of rotatable bonds is 2. The first kappa shape index (κ1) is 16.2. The molecular weight excluding hydrogens is 204 g/mol. The third-order valence-corrected chi connectivity index (χ3v) is 3.41. The molecule has 1 saturated carbocycles. The van der Waals surface area contributed by atoms with E-state index < -0.39 is 0 Å². The Kier molecular flexibility index (Phi) is 8.85. The zero-order chi connectivity index (χ0) is 11.8. The first-order chi connectivity index (χ1) is 7.84. The standard InChI is InChI=1S/C14H20.C2H6.CH4/c1-12-6-5-9-14(10-12)11-13-7-3-2-4-8-13;1-2;/h2-4,7-8,12,14H,5-6,9-11H2,1H3;1-2H3;1H4. The van der Waals surface area contributed by atoms with Gasteiger partial charge in [-0.1, -0.05) is 77.8 Å². The van der Waals surface area contributed by atoms with Crippen molar-refractivity contribution in [3.05, 3.63) is 35.9 Å².